The Morgan fingerprint density at radius 2 is 0.879 bits per heavy atom. The van der Waals surface area contributed by atoms with Crippen molar-refractivity contribution in [3.63, 3.8) is 0 Å². The summed E-state index contributed by atoms with van der Waals surface area (Å²) in [5.41, 5.74) is 2.98. The summed E-state index contributed by atoms with van der Waals surface area (Å²) in [6, 6.07) is 20.9. The second-order valence-corrected chi connectivity index (χ2v) is 13.4. The van der Waals surface area contributed by atoms with Crippen molar-refractivity contribution in [2.75, 3.05) is 39.6 Å². The molecule has 0 N–H and O–H groups in total. The number of hydrogen-bond donors (Lipinski definition) is 0. The number of unbranched alkanes of at least 4 members (excludes halogenated alkanes) is 6. The fourth-order valence-corrected chi connectivity index (χ4v) is 5.20. The van der Waals surface area contributed by atoms with E-state index in [0.717, 1.165) is 49.7 Å². The van der Waals surface area contributed by atoms with Gasteiger partial charge in [-0.1, -0.05) is 30.8 Å². The van der Waals surface area contributed by atoms with Gasteiger partial charge in [-0.3, -0.25) is 14.4 Å². The number of rotatable bonds is 27. The van der Waals surface area contributed by atoms with Gasteiger partial charge in [-0.25, -0.2) is 14.4 Å². The SMILES string of the molecule is C=C(C)C(=O)OCCCCCCOc1ccc(C(=O)Oc2ccc(-c3ccc(C(=O)OCCCCCCOC(=O)CCC(=O)OCCCOC(C)=O)cc3)cc2)cc1. The summed E-state index contributed by atoms with van der Waals surface area (Å²) in [6.07, 6.45) is 6.65. The maximum Gasteiger partial charge on any atom is 0.343 e. The predicted octanol–water partition coefficient (Wildman–Crippen LogP) is 8.17. The van der Waals surface area contributed by atoms with E-state index in [4.69, 9.17) is 33.2 Å². The second-order valence-electron chi connectivity index (χ2n) is 13.4. The van der Waals surface area contributed by atoms with Crippen LogP contribution in [0.2, 0.25) is 0 Å². The molecule has 3 aromatic rings. The van der Waals surface area contributed by atoms with Crippen LogP contribution in [0.25, 0.3) is 11.1 Å². The molecule has 58 heavy (non-hydrogen) atoms. The molecule has 0 radical (unpaired) electrons. The van der Waals surface area contributed by atoms with E-state index < -0.39 is 29.8 Å². The van der Waals surface area contributed by atoms with Gasteiger partial charge in [-0.15, -0.1) is 0 Å². The van der Waals surface area contributed by atoms with Gasteiger partial charge >= 0.3 is 35.8 Å². The smallest absolute Gasteiger partial charge is 0.343 e. The van der Waals surface area contributed by atoms with E-state index in [1.54, 1.807) is 55.5 Å². The van der Waals surface area contributed by atoms with Crippen molar-refractivity contribution in [2.45, 2.75) is 84.5 Å². The molecule has 0 aliphatic carbocycles. The molecular formula is C45H54O13. The fourth-order valence-electron chi connectivity index (χ4n) is 5.20. The number of carbonyl (C=O) groups is 6. The van der Waals surface area contributed by atoms with Gasteiger partial charge in [-0.2, -0.15) is 0 Å². The molecule has 0 bridgehead atoms. The molecule has 13 heteroatoms. The summed E-state index contributed by atoms with van der Waals surface area (Å²) < 4.78 is 36.7. The molecule has 13 nitrogen and oxygen atoms in total. The molecule has 0 heterocycles. The molecule has 0 aliphatic rings. The van der Waals surface area contributed by atoms with Crippen LogP contribution in [0.4, 0.5) is 0 Å². The van der Waals surface area contributed by atoms with E-state index in [9.17, 15) is 28.8 Å². The first-order valence-electron chi connectivity index (χ1n) is 19.6. The van der Waals surface area contributed by atoms with Crippen LogP contribution in [0.5, 0.6) is 11.5 Å². The van der Waals surface area contributed by atoms with E-state index in [1.165, 1.54) is 6.92 Å². The number of ether oxygens (including phenoxy) is 7. The molecule has 312 valence electrons. The first-order valence-corrected chi connectivity index (χ1v) is 19.6. The number of benzene rings is 3. The van der Waals surface area contributed by atoms with Crippen LogP contribution in [0.15, 0.2) is 84.9 Å². The van der Waals surface area contributed by atoms with Crippen LogP contribution in [0.3, 0.4) is 0 Å². The third-order valence-corrected chi connectivity index (χ3v) is 8.42. The van der Waals surface area contributed by atoms with Gasteiger partial charge in [0.2, 0.25) is 0 Å². The normalized spacial score (nSPS) is 10.5. The molecule has 0 amide bonds. The lowest BCUT2D eigenvalue weighted by Gasteiger charge is -2.09. The first kappa shape index (κ1) is 46.4. The maximum absolute atomic E-state index is 12.7. The lowest BCUT2D eigenvalue weighted by atomic mass is 10.0. The summed E-state index contributed by atoms with van der Waals surface area (Å²) in [6.45, 7) is 8.19. The Bertz CT molecular complexity index is 1760. The van der Waals surface area contributed by atoms with E-state index in [-0.39, 0.29) is 45.2 Å². The van der Waals surface area contributed by atoms with Crippen molar-refractivity contribution in [1.29, 1.82) is 0 Å². The Morgan fingerprint density at radius 3 is 1.43 bits per heavy atom. The van der Waals surface area contributed by atoms with Crippen LogP contribution in [-0.4, -0.2) is 75.5 Å². The molecule has 3 aromatic carbocycles. The zero-order valence-corrected chi connectivity index (χ0v) is 33.5. The molecule has 0 saturated heterocycles. The van der Waals surface area contributed by atoms with Gasteiger partial charge in [0.25, 0.3) is 0 Å². The molecule has 0 aliphatic heterocycles. The third kappa shape index (κ3) is 19.2. The van der Waals surface area contributed by atoms with Crippen molar-refractivity contribution >= 4 is 35.8 Å². The zero-order valence-electron chi connectivity index (χ0n) is 33.5. The summed E-state index contributed by atoms with van der Waals surface area (Å²) in [4.78, 5) is 70.8. The number of esters is 6. The third-order valence-electron chi connectivity index (χ3n) is 8.42. The minimum atomic E-state index is -0.512. The number of carbonyl (C=O) groups excluding carboxylic acids is 6. The van der Waals surface area contributed by atoms with Gasteiger partial charge in [0.1, 0.15) is 11.5 Å². The number of hydrogen-bond acceptors (Lipinski definition) is 13. The highest BCUT2D eigenvalue weighted by atomic mass is 16.6. The summed E-state index contributed by atoms with van der Waals surface area (Å²) >= 11 is 0. The lowest BCUT2D eigenvalue weighted by molar-refractivity contribution is -0.151. The Labute approximate surface area is 339 Å². The van der Waals surface area contributed by atoms with Crippen molar-refractivity contribution < 1.29 is 61.9 Å². The molecule has 0 unspecified atom stereocenters. The summed E-state index contributed by atoms with van der Waals surface area (Å²) in [5.74, 6) is -1.60. The molecule has 0 saturated carbocycles. The van der Waals surface area contributed by atoms with Gasteiger partial charge in [0.05, 0.1) is 63.6 Å². The largest absolute Gasteiger partial charge is 0.494 e. The minimum absolute atomic E-state index is 0.0678. The standard InChI is InChI=1S/C45H54O13/c1-33(2)43(49)56-29-10-6-4-8-27-53-39-21-19-38(20-22-39)45(51)58-40-23-17-36(18-24-40)35-13-15-37(16-14-35)44(50)57-30-11-7-5-9-28-54-41(47)25-26-42(48)55-32-12-31-52-34(3)46/h13-24H,1,4-12,25-32H2,2-3H3. The highest BCUT2D eigenvalue weighted by molar-refractivity contribution is 5.91. The summed E-state index contributed by atoms with van der Waals surface area (Å²) in [5, 5.41) is 0. The second kappa shape index (κ2) is 26.8. The molecule has 3 rings (SSSR count). The quantitative estimate of drug-likeness (QED) is 0.0238. The van der Waals surface area contributed by atoms with Gasteiger partial charge in [-0.05, 0) is 118 Å². The van der Waals surface area contributed by atoms with E-state index in [2.05, 4.69) is 6.58 Å². The van der Waals surface area contributed by atoms with E-state index in [0.29, 0.717) is 60.7 Å². The predicted molar refractivity (Wildman–Crippen MR) is 214 cm³/mol. The van der Waals surface area contributed by atoms with Gasteiger partial charge < -0.3 is 33.2 Å². The van der Waals surface area contributed by atoms with Crippen LogP contribution in [0.1, 0.15) is 105 Å². The van der Waals surface area contributed by atoms with E-state index in [1.807, 2.05) is 24.3 Å². The first-order chi connectivity index (χ1) is 28.0. The Hall–Kier alpha value is -5.98. The average Bonchev–Trinajstić information content (AvgIpc) is 3.22. The molecule has 0 fully saturated rings. The van der Waals surface area contributed by atoms with Crippen molar-refractivity contribution in [2.24, 2.45) is 0 Å². The van der Waals surface area contributed by atoms with Crippen molar-refractivity contribution in [1.82, 2.24) is 0 Å². The minimum Gasteiger partial charge on any atom is -0.494 e. The van der Waals surface area contributed by atoms with Crippen molar-refractivity contribution in [3.8, 4) is 22.6 Å². The van der Waals surface area contributed by atoms with Gasteiger partial charge in [0, 0.05) is 18.9 Å². The zero-order chi connectivity index (χ0) is 42.0. The molecule has 0 aromatic heterocycles. The van der Waals surface area contributed by atoms with Crippen molar-refractivity contribution in [3.05, 3.63) is 96.1 Å². The Balaban J connectivity index is 1.25. The van der Waals surface area contributed by atoms with Crippen LogP contribution in [0, 0.1) is 0 Å². The average molecular weight is 803 g/mol. The maximum atomic E-state index is 12.7. The van der Waals surface area contributed by atoms with Gasteiger partial charge in [0.15, 0.2) is 0 Å². The van der Waals surface area contributed by atoms with E-state index >= 15 is 0 Å². The monoisotopic (exact) mass is 802 g/mol. The fraction of sp³-hybridized carbons (Fsp3) is 0.422. The molecule has 0 atom stereocenters. The summed E-state index contributed by atoms with van der Waals surface area (Å²) in [7, 11) is 0. The molecular weight excluding hydrogens is 748 g/mol. The highest BCUT2D eigenvalue weighted by Crippen LogP contribution is 2.24. The molecule has 0 spiro atoms. The topological polar surface area (TPSA) is 167 Å². The highest BCUT2D eigenvalue weighted by Gasteiger charge is 2.12. The lowest BCUT2D eigenvalue weighted by Crippen LogP contribution is -2.12. The van der Waals surface area contributed by atoms with Crippen LogP contribution < -0.4 is 9.47 Å². The Kier molecular flexibility index (Phi) is 21.4. The van der Waals surface area contributed by atoms with Crippen LogP contribution >= 0.6 is 0 Å². The Morgan fingerprint density at radius 1 is 0.448 bits per heavy atom. The van der Waals surface area contributed by atoms with Crippen LogP contribution in [-0.2, 0) is 42.9 Å².